The molecular weight excluding hydrogens is 196 g/mol. The Morgan fingerprint density at radius 3 is 3.21 bits per heavy atom. The quantitative estimate of drug-likeness (QED) is 0.664. The third kappa shape index (κ3) is 4.67. The lowest BCUT2D eigenvalue weighted by atomic mass is 10.1. The molecule has 0 unspecified atom stereocenters. The van der Waals surface area contributed by atoms with Crippen molar-refractivity contribution in [3.63, 3.8) is 0 Å². The van der Waals surface area contributed by atoms with E-state index in [2.05, 4.69) is 16.7 Å². The van der Waals surface area contributed by atoms with E-state index in [-0.39, 0.29) is 5.91 Å². The summed E-state index contributed by atoms with van der Waals surface area (Å²) in [7, 11) is 0. The van der Waals surface area contributed by atoms with Gasteiger partial charge in [0.15, 0.2) is 0 Å². The predicted octanol–water partition coefficient (Wildman–Crippen LogP) is 0.775. The molecule has 0 aromatic carbocycles. The Morgan fingerprint density at radius 2 is 2.57 bits per heavy atom. The van der Waals surface area contributed by atoms with Crippen LogP contribution in [0.1, 0.15) is 12.8 Å². The largest absolute Gasteiger partial charge is 0.352 e. The first-order chi connectivity index (χ1) is 6.83. The molecule has 0 aliphatic carbocycles. The van der Waals surface area contributed by atoms with Crippen molar-refractivity contribution in [2.45, 2.75) is 12.8 Å². The summed E-state index contributed by atoms with van der Waals surface area (Å²) in [6.45, 7) is 2.71. The van der Waals surface area contributed by atoms with E-state index in [0.29, 0.717) is 6.42 Å². The Labute approximate surface area is 89.7 Å². The van der Waals surface area contributed by atoms with Gasteiger partial charge in [-0.3, -0.25) is 4.79 Å². The van der Waals surface area contributed by atoms with Gasteiger partial charge in [-0.15, -0.1) is 0 Å². The Kier molecular flexibility index (Phi) is 5.71. The van der Waals surface area contributed by atoms with Crippen molar-refractivity contribution in [2.75, 3.05) is 31.6 Å². The molecule has 1 heterocycles. The van der Waals surface area contributed by atoms with Gasteiger partial charge in [0, 0.05) is 25.3 Å². The van der Waals surface area contributed by atoms with Gasteiger partial charge in [-0.2, -0.15) is 11.8 Å². The summed E-state index contributed by atoms with van der Waals surface area (Å²) >= 11 is 1.71. The lowest BCUT2D eigenvalue weighted by Crippen LogP contribution is -2.29. The Hall–Kier alpha value is -0.480. The lowest BCUT2D eigenvalue weighted by molar-refractivity contribution is -0.120. The van der Waals surface area contributed by atoms with Gasteiger partial charge in [0.1, 0.15) is 0 Å². The molecule has 80 valence electrons. The number of carbonyl (C=O) groups excluding carboxylic acids is 1. The van der Waals surface area contributed by atoms with Gasteiger partial charge in [-0.1, -0.05) is 11.6 Å². The average molecular weight is 214 g/mol. The van der Waals surface area contributed by atoms with Gasteiger partial charge in [-0.25, -0.2) is 0 Å². The van der Waals surface area contributed by atoms with Crippen LogP contribution in [0.3, 0.4) is 0 Å². The minimum Gasteiger partial charge on any atom is -0.352 e. The SMILES string of the molecule is CSCCC(=O)NCC1=CCNCC1. The molecule has 0 saturated heterocycles. The Balaban J connectivity index is 2.12. The molecule has 0 saturated carbocycles. The first-order valence-electron chi connectivity index (χ1n) is 4.97. The molecule has 0 fully saturated rings. The molecule has 4 heteroatoms. The zero-order valence-corrected chi connectivity index (χ0v) is 9.45. The molecule has 2 N–H and O–H groups in total. The molecule has 1 aliphatic heterocycles. The molecular formula is C10H18N2OS. The van der Waals surface area contributed by atoms with E-state index >= 15 is 0 Å². The first kappa shape index (κ1) is 11.6. The van der Waals surface area contributed by atoms with E-state index in [0.717, 1.165) is 31.8 Å². The monoisotopic (exact) mass is 214 g/mol. The fourth-order valence-electron chi connectivity index (χ4n) is 1.33. The van der Waals surface area contributed by atoms with Crippen LogP contribution in [0, 0.1) is 0 Å². The van der Waals surface area contributed by atoms with Crippen molar-refractivity contribution < 1.29 is 4.79 Å². The van der Waals surface area contributed by atoms with Crippen LogP contribution in [0.15, 0.2) is 11.6 Å². The number of hydrogen-bond donors (Lipinski definition) is 2. The van der Waals surface area contributed by atoms with E-state index in [1.807, 2.05) is 6.26 Å². The van der Waals surface area contributed by atoms with Gasteiger partial charge in [0.2, 0.25) is 5.91 Å². The van der Waals surface area contributed by atoms with Gasteiger partial charge in [0.25, 0.3) is 0 Å². The Bertz CT molecular complexity index is 216. The third-order valence-corrected chi connectivity index (χ3v) is 2.82. The maximum atomic E-state index is 11.3. The van der Waals surface area contributed by atoms with Crippen LogP contribution in [0.4, 0.5) is 0 Å². The maximum absolute atomic E-state index is 11.3. The van der Waals surface area contributed by atoms with E-state index in [1.54, 1.807) is 11.8 Å². The van der Waals surface area contributed by atoms with Gasteiger partial charge in [-0.05, 0) is 19.2 Å². The van der Waals surface area contributed by atoms with Gasteiger partial charge >= 0.3 is 0 Å². The normalized spacial score (nSPS) is 16.2. The zero-order valence-electron chi connectivity index (χ0n) is 8.64. The molecule has 0 spiro atoms. The number of thioether (sulfide) groups is 1. The molecule has 3 nitrogen and oxygen atoms in total. The summed E-state index contributed by atoms with van der Waals surface area (Å²) in [5, 5.41) is 6.18. The van der Waals surface area contributed by atoms with Crippen molar-refractivity contribution in [3.8, 4) is 0 Å². The Morgan fingerprint density at radius 1 is 1.71 bits per heavy atom. The summed E-state index contributed by atoms with van der Waals surface area (Å²) in [4.78, 5) is 11.3. The smallest absolute Gasteiger partial charge is 0.221 e. The molecule has 0 bridgehead atoms. The molecule has 0 atom stereocenters. The van der Waals surface area contributed by atoms with Gasteiger partial charge < -0.3 is 10.6 Å². The molecule has 1 rings (SSSR count). The van der Waals surface area contributed by atoms with Crippen molar-refractivity contribution in [1.29, 1.82) is 0 Å². The second-order valence-corrected chi connectivity index (χ2v) is 4.32. The van der Waals surface area contributed by atoms with E-state index in [9.17, 15) is 4.79 Å². The highest BCUT2D eigenvalue weighted by atomic mass is 32.2. The standard InChI is InChI=1S/C10H18N2OS/c1-14-7-4-10(13)12-8-9-2-5-11-6-3-9/h2,11H,3-8H2,1H3,(H,12,13). The lowest BCUT2D eigenvalue weighted by Gasteiger charge is -2.14. The van der Waals surface area contributed by atoms with Crippen LogP contribution in [0.2, 0.25) is 0 Å². The molecule has 1 aliphatic rings. The summed E-state index contributed by atoms with van der Waals surface area (Å²) in [6.07, 6.45) is 5.87. The molecule has 0 aromatic rings. The van der Waals surface area contributed by atoms with E-state index < -0.39 is 0 Å². The van der Waals surface area contributed by atoms with Crippen molar-refractivity contribution in [2.24, 2.45) is 0 Å². The van der Waals surface area contributed by atoms with Crippen molar-refractivity contribution >= 4 is 17.7 Å². The summed E-state index contributed by atoms with van der Waals surface area (Å²) < 4.78 is 0. The van der Waals surface area contributed by atoms with Gasteiger partial charge in [0.05, 0.1) is 0 Å². The van der Waals surface area contributed by atoms with Crippen LogP contribution in [0.25, 0.3) is 0 Å². The number of amides is 1. The topological polar surface area (TPSA) is 41.1 Å². The second kappa shape index (κ2) is 6.90. The van der Waals surface area contributed by atoms with Crippen LogP contribution in [0.5, 0.6) is 0 Å². The summed E-state index contributed by atoms with van der Waals surface area (Å²) in [5.41, 5.74) is 1.35. The van der Waals surface area contributed by atoms with Crippen LogP contribution in [-0.4, -0.2) is 37.6 Å². The molecule has 14 heavy (non-hydrogen) atoms. The minimum absolute atomic E-state index is 0.166. The zero-order chi connectivity index (χ0) is 10.2. The van der Waals surface area contributed by atoms with Crippen molar-refractivity contribution in [3.05, 3.63) is 11.6 Å². The molecule has 0 radical (unpaired) electrons. The maximum Gasteiger partial charge on any atom is 0.221 e. The minimum atomic E-state index is 0.166. The highest BCUT2D eigenvalue weighted by Gasteiger charge is 2.04. The molecule has 0 aromatic heterocycles. The fraction of sp³-hybridized carbons (Fsp3) is 0.700. The van der Waals surface area contributed by atoms with Crippen LogP contribution in [-0.2, 0) is 4.79 Å². The van der Waals surface area contributed by atoms with Crippen LogP contribution < -0.4 is 10.6 Å². The van der Waals surface area contributed by atoms with E-state index in [1.165, 1.54) is 5.57 Å². The van der Waals surface area contributed by atoms with Crippen LogP contribution >= 0.6 is 11.8 Å². The number of nitrogens with one attached hydrogen (secondary N) is 2. The highest BCUT2D eigenvalue weighted by molar-refractivity contribution is 7.98. The number of carbonyl (C=O) groups is 1. The number of rotatable bonds is 5. The predicted molar refractivity (Wildman–Crippen MR) is 61.6 cm³/mol. The van der Waals surface area contributed by atoms with Crippen molar-refractivity contribution in [1.82, 2.24) is 10.6 Å². The highest BCUT2D eigenvalue weighted by Crippen LogP contribution is 2.02. The summed E-state index contributed by atoms with van der Waals surface area (Å²) in [5.74, 6) is 1.07. The third-order valence-electron chi connectivity index (χ3n) is 2.20. The summed E-state index contributed by atoms with van der Waals surface area (Å²) in [6, 6.07) is 0. The molecule has 1 amide bonds. The second-order valence-electron chi connectivity index (χ2n) is 3.34. The average Bonchev–Trinajstić information content (AvgIpc) is 2.25. The first-order valence-corrected chi connectivity index (χ1v) is 6.36. The number of hydrogen-bond acceptors (Lipinski definition) is 3. The fourth-order valence-corrected chi connectivity index (χ4v) is 1.71. The van der Waals surface area contributed by atoms with E-state index in [4.69, 9.17) is 0 Å².